The Kier molecular flexibility index (Phi) is 7.46. The van der Waals surface area contributed by atoms with Crippen molar-refractivity contribution in [3.8, 4) is 0 Å². The molecule has 0 unspecified atom stereocenters. The van der Waals surface area contributed by atoms with Crippen LogP contribution >= 0.6 is 0 Å². The summed E-state index contributed by atoms with van der Waals surface area (Å²) in [6.07, 6.45) is 7.81. The average molecular weight is 472 g/mol. The monoisotopic (exact) mass is 471 g/mol. The summed E-state index contributed by atoms with van der Waals surface area (Å²) < 4.78 is 29.8. The van der Waals surface area contributed by atoms with Crippen LogP contribution in [-0.4, -0.2) is 37.4 Å². The number of hydrogen-bond donors (Lipinski definition) is 1. The normalized spacial score (nSPS) is 23.2. The van der Waals surface area contributed by atoms with Crippen LogP contribution in [0.15, 0.2) is 53.4 Å². The number of rotatable bonds is 7. The van der Waals surface area contributed by atoms with E-state index in [1.54, 1.807) is 36.4 Å². The molecule has 8 heteroatoms. The van der Waals surface area contributed by atoms with Crippen molar-refractivity contribution in [2.24, 2.45) is 5.92 Å². The molecule has 1 saturated carbocycles. The van der Waals surface area contributed by atoms with Gasteiger partial charge in [0.15, 0.2) is 0 Å². The van der Waals surface area contributed by atoms with Gasteiger partial charge in [0.05, 0.1) is 15.9 Å². The van der Waals surface area contributed by atoms with E-state index >= 15 is 0 Å². The molecular formula is C25H33N3O4S. The van der Waals surface area contributed by atoms with E-state index in [2.05, 4.69) is 9.62 Å². The maximum Gasteiger partial charge on any atom is 0.269 e. The summed E-state index contributed by atoms with van der Waals surface area (Å²) in [5, 5.41) is 11.2. The molecule has 0 bridgehead atoms. The van der Waals surface area contributed by atoms with Crippen molar-refractivity contribution in [3.05, 3.63) is 69.8 Å². The molecule has 1 aliphatic heterocycles. The molecule has 33 heavy (non-hydrogen) atoms. The number of likely N-dealkylation sites (tertiary alicyclic amines) is 1. The van der Waals surface area contributed by atoms with Crippen LogP contribution in [0, 0.1) is 23.0 Å². The molecule has 3 atom stereocenters. The number of aryl methyl sites for hydroxylation is 1. The van der Waals surface area contributed by atoms with E-state index in [1.165, 1.54) is 31.4 Å². The first-order valence-electron chi connectivity index (χ1n) is 11.9. The van der Waals surface area contributed by atoms with Gasteiger partial charge in [0.1, 0.15) is 0 Å². The minimum absolute atomic E-state index is 0.00937. The van der Waals surface area contributed by atoms with E-state index < -0.39 is 21.0 Å². The molecule has 0 spiro atoms. The third-order valence-corrected chi connectivity index (χ3v) is 8.60. The zero-order chi connectivity index (χ0) is 23.4. The highest BCUT2D eigenvalue weighted by atomic mass is 32.2. The lowest BCUT2D eigenvalue weighted by atomic mass is 9.76. The van der Waals surface area contributed by atoms with Gasteiger partial charge in [0, 0.05) is 18.2 Å². The van der Waals surface area contributed by atoms with Gasteiger partial charge in [-0.1, -0.05) is 49.1 Å². The van der Waals surface area contributed by atoms with Crippen LogP contribution in [0.5, 0.6) is 0 Å². The SMILES string of the molecule is Cc1ccc(S(=O)(=O)N[C@@H](c2ccc([N+](=O)[O-])cc2)[C@@H]2CCCC[C@@H]2N2CCCCC2)cc1. The number of sulfonamides is 1. The summed E-state index contributed by atoms with van der Waals surface area (Å²) in [6.45, 7) is 4.03. The lowest BCUT2D eigenvalue weighted by molar-refractivity contribution is -0.384. The van der Waals surface area contributed by atoms with Gasteiger partial charge < -0.3 is 4.90 Å². The van der Waals surface area contributed by atoms with Crippen molar-refractivity contribution in [3.63, 3.8) is 0 Å². The summed E-state index contributed by atoms with van der Waals surface area (Å²) in [6, 6.07) is 13.1. The molecule has 7 nitrogen and oxygen atoms in total. The number of hydrogen-bond acceptors (Lipinski definition) is 5. The average Bonchev–Trinajstić information content (AvgIpc) is 2.83. The van der Waals surface area contributed by atoms with Gasteiger partial charge >= 0.3 is 0 Å². The quantitative estimate of drug-likeness (QED) is 0.455. The number of nitrogens with zero attached hydrogens (tertiary/aromatic N) is 2. The first-order chi connectivity index (χ1) is 15.8. The Labute approximate surface area is 196 Å². The molecule has 2 fully saturated rings. The number of non-ortho nitro benzene ring substituents is 1. The molecule has 1 N–H and O–H groups in total. The number of nitro groups is 1. The number of benzene rings is 2. The standard InChI is InChI=1S/C25H33N3O4S/c1-19-9-15-22(16-10-19)33(31,32)26-25(20-11-13-21(14-12-20)28(29)30)23-7-3-4-8-24(23)27-17-5-2-6-18-27/h9-16,23-26H,2-8,17-18H2,1H3/t23-,24+,25+/m1/s1. The number of nitro benzene ring substituents is 1. The molecule has 0 aromatic heterocycles. The van der Waals surface area contributed by atoms with Crippen molar-refractivity contribution < 1.29 is 13.3 Å². The maximum absolute atomic E-state index is 13.4. The van der Waals surface area contributed by atoms with Crippen LogP contribution in [0.25, 0.3) is 0 Å². The van der Waals surface area contributed by atoms with Gasteiger partial charge in [-0.05, 0) is 69.3 Å². The van der Waals surface area contributed by atoms with E-state index in [-0.39, 0.29) is 16.5 Å². The van der Waals surface area contributed by atoms with Crippen LogP contribution in [-0.2, 0) is 10.0 Å². The van der Waals surface area contributed by atoms with Crippen LogP contribution in [0.4, 0.5) is 5.69 Å². The fraction of sp³-hybridized carbons (Fsp3) is 0.520. The highest BCUT2D eigenvalue weighted by Crippen LogP contribution is 2.39. The second kappa shape index (κ2) is 10.3. The predicted molar refractivity (Wildman–Crippen MR) is 129 cm³/mol. The Morgan fingerprint density at radius 1 is 0.939 bits per heavy atom. The molecule has 1 saturated heterocycles. The number of nitrogens with one attached hydrogen (secondary N) is 1. The van der Waals surface area contributed by atoms with E-state index in [0.29, 0.717) is 6.04 Å². The molecule has 2 aromatic carbocycles. The van der Waals surface area contributed by atoms with Gasteiger partial charge in [-0.25, -0.2) is 13.1 Å². The fourth-order valence-electron chi connectivity index (χ4n) is 5.39. The van der Waals surface area contributed by atoms with Crippen molar-refractivity contribution >= 4 is 15.7 Å². The lowest BCUT2D eigenvalue weighted by Crippen LogP contribution is -2.49. The Hall–Kier alpha value is -2.29. The van der Waals surface area contributed by atoms with Gasteiger partial charge in [-0.3, -0.25) is 10.1 Å². The molecule has 4 rings (SSSR count). The minimum atomic E-state index is -3.76. The molecule has 0 amide bonds. The predicted octanol–water partition coefficient (Wildman–Crippen LogP) is 4.97. The first kappa shape index (κ1) is 23.9. The summed E-state index contributed by atoms with van der Waals surface area (Å²) in [5.41, 5.74) is 1.79. The smallest absolute Gasteiger partial charge is 0.269 e. The topological polar surface area (TPSA) is 92.5 Å². The molecule has 178 valence electrons. The summed E-state index contributed by atoms with van der Waals surface area (Å²) in [7, 11) is -3.76. The van der Waals surface area contributed by atoms with Crippen molar-refractivity contribution in [1.82, 2.24) is 9.62 Å². The molecule has 2 aliphatic rings. The third-order valence-electron chi connectivity index (χ3n) is 7.15. The minimum Gasteiger partial charge on any atom is -0.300 e. The summed E-state index contributed by atoms with van der Waals surface area (Å²) in [4.78, 5) is 13.5. The molecule has 0 radical (unpaired) electrons. The molecular weight excluding hydrogens is 438 g/mol. The zero-order valence-corrected chi connectivity index (χ0v) is 20.0. The highest BCUT2D eigenvalue weighted by Gasteiger charge is 2.38. The van der Waals surface area contributed by atoms with Crippen molar-refractivity contribution in [2.75, 3.05) is 13.1 Å². The van der Waals surface area contributed by atoms with Gasteiger partial charge in [-0.15, -0.1) is 0 Å². The van der Waals surface area contributed by atoms with Gasteiger partial charge in [0.2, 0.25) is 10.0 Å². The van der Waals surface area contributed by atoms with E-state index in [9.17, 15) is 18.5 Å². The second-order valence-corrected chi connectivity index (χ2v) is 11.1. The Morgan fingerprint density at radius 2 is 1.58 bits per heavy atom. The van der Waals surface area contributed by atoms with Gasteiger partial charge in [0.25, 0.3) is 5.69 Å². The Balaban J connectivity index is 1.69. The zero-order valence-electron chi connectivity index (χ0n) is 19.2. The largest absolute Gasteiger partial charge is 0.300 e. The Morgan fingerprint density at radius 3 is 2.21 bits per heavy atom. The van der Waals surface area contributed by atoms with Crippen molar-refractivity contribution in [2.45, 2.75) is 68.8 Å². The maximum atomic E-state index is 13.4. The highest BCUT2D eigenvalue weighted by molar-refractivity contribution is 7.89. The summed E-state index contributed by atoms with van der Waals surface area (Å²) in [5.74, 6) is 0.110. The molecule has 1 heterocycles. The van der Waals surface area contributed by atoms with Crippen LogP contribution in [0.1, 0.15) is 62.1 Å². The first-order valence-corrected chi connectivity index (χ1v) is 13.4. The summed E-state index contributed by atoms with van der Waals surface area (Å²) >= 11 is 0. The fourth-order valence-corrected chi connectivity index (χ4v) is 6.67. The van der Waals surface area contributed by atoms with E-state index in [1.807, 2.05) is 6.92 Å². The molecule has 1 aliphatic carbocycles. The lowest BCUT2D eigenvalue weighted by Gasteiger charge is -2.45. The van der Waals surface area contributed by atoms with Crippen LogP contribution < -0.4 is 4.72 Å². The van der Waals surface area contributed by atoms with Gasteiger partial charge in [-0.2, -0.15) is 0 Å². The third kappa shape index (κ3) is 5.62. The van der Waals surface area contributed by atoms with Crippen LogP contribution in [0.3, 0.4) is 0 Å². The Bertz CT molecular complexity index is 1050. The van der Waals surface area contributed by atoms with E-state index in [0.717, 1.165) is 49.9 Å². The number of piperidine rings is 1. The van der Waals surface area contributed by atoms with Crippen molar-refractivity contribution in [1.29, 1.82) is 0 Å². The molecule has 2 aromatic rings. The van der Waals surface area contributed by atoms with E-state index in [4.69, 9.17) is 0 Å². The van der Waals surface area contributed by atoms with Crippen LogP contribution in [0.2, 0.25) is 0 Å². The second-order valence-electron chi connectivity index (χ2n) is 9.37.